The normalized spacial score (nSPS) is 14.5. The van der Waals surface area contributed by atoms with Crippen molar-refractivity contribution in [2.24, 2.45) is 0 Å². The van der Waals surface area contributed by atoms with Crippen LogP contribution in [0.5, 0.6) is 0 Å². The van der Waals surface area contributed by atoms with Gasteiger partial charge in [0.25, 0.3) is 0 Å². The van der Waals surface area contributed by atoms with Gasteiger partial charge >= 0.3 is 29.6 Å². The molecule has 1 saturated heterocycles. The molecule has 0 aromatic rings. The first kappa shape index (κ1) is 15.8. The number of hydrogen-bond donors (Lipinski definition) is 0. The Hall–Kier alpha value is 0.370. The van der Waals surface area contributed by atoms with Crippen molar-refractivity contribution in [3.8, 4) is 0 Å². The van der Waals surface area contributed by atoms with Crippen molar-refractivity contribution in [3.63, 3.8) is 0 Å². The van der Waals surface area contributed by atoms with E-state index >= 15 is 0 Å². The monoisotopic (exact) mass is 194 g/mol. The molecule has 13 heavy (non-hydrogen) atoms. The summed E-state index contributed by atoms with van der Waals surface area (Å²) in [6, 6.07) is 0. The maximum atomic E-state index is 9.59. The number of hydrogen-bond acceptors (Lipinski definition) is 2. The summed E-state index contributed by atoms with van der Waals surface area (Å²) in [5.41, 5.74) is 0. The fraction of sp³-hybridized carbons (Fsp3) is 0.700. The fourth-order valence-corrected chi connectivity index (χ4v) is 0.829. The molecule has 0 saturated carbocycles. The van der Waals surface area contributed by atoms with Crippen LogP contribution in [0.1, 0.15) is 32.6 Å². The summed E-state index contributed by atoms with van der Waals surface area (Å²) < 4.78 is 4.94. The number of rotatable bonds is 3. The van der Waals surface area contributed by atoms with Gasteiger partial charge in [0.15, 0.2) is 0 Å². The van der Waals surface area contributed by atoms with Crippen LogP contribution in [0.2, 0.25) is 0 Å². The Labute approximate surface area is 103 Å². The van der Waals surface area contributed by atoms with E-state index in [2.05, 4.69) is 6.92 Å². The van der Waals surface area contributed by atoms with E-state index in [0.29, 0.717) is 0 Å². The molecule has 0 radical (unpaired) electrons. The van der Waals surface area contributed by atoms with E-state index in [-0.39, 0.29) is 29.6 Å². The third-order valence-corrected chi connectivity index (χ3v) is 1.50. The van der Waals surface area contributed by atoms with Gasteiger partial charge in [0.1, 0.15) is 6.29 Å². The predicted molar refractivity (Wildman–Crippen MR) is 57.3 cm³/mol. The SMILES string of the molecule is C1CCOC1.CCCC=CC=O.[NaH]. The van der Waals surface area contributed by atoms with Gasteiger partial charge < -0.3 is 4.74 Å². The second-order valence-electron chi connectivity index (χ2n) is 2.67. The summed E-state index contributed by atoms with van der Waals surface area (Å²) >= 11 is 0. The van der Waals surface area contributed by atoms with Gasteiger partial charge in [0.05, 0.1) is 0 Å². The van der Waals surface area contributed by atoms with Gasteiger partial charge in [0.2, 0.25) is 0 Å². The summed E-state index contributed by atoms with van der Waals surface area (Å²) in [4.78, 5) is 9.59. The molecule has 1 rings (SSSR count). The third-order valence-electron chi connectivity index (χ3n) is 1.50. The molecule has 0 bridgehead atoms. The van der Waals surface area contributed by atoms with Crippen LogP contribution in [0, 0.1) is 0 Å². The maximum absolute atomic E-state index is 9.59. The van der Waals surface area contributed by atoms with Crippen molar-refractivity contribution in [3.05, 3.63) is 12.2 Å². The van der Waals surface area contributed by atoms with E-state index in [9.17, 15) is 4.79 Å². The average Bonchev–Trinajstić information content (AvgIpc) is 2.62. The van der Waals surface area contributed by atoms with Crippen LogP contribution in [-0.2, 0) is 9.53 Å². The minimum absolute atomic E-state index is 0. The molecule has 0 unspecified atom stereocenters. The van der Waals surface area contributed by atoms with Crippen molar-refractivity contribution in [1.82, 2.24) is 0 Å². The van der Waals surface area contributed by atoms with Crippen LogP contribution >= 0.6 is 0 Å². The van der Waals surface area contributed by atoms with Crippen molar-refractivity contribution in [2.45, 2.75) is 32.6 Å². The van der Waals surface area contributed by atoms with E-state index in [0.717, 1.165) is 32.3 Å². The van der Waals surface area contributed by atoms with Crippen molar-refractivity contribution in [2.75, 3.05) is 13.2 Å². The molecule has 1 heterocycles. The zero-order valence-electron chi connectivity index (χ0n) is 7.79. The predicted octanol–water partition coefficient (Wildman–Crippen LogP) is 1.69. The number of carbonyl (C=O) groups excluding carboxylic acids is 1. The van der Waals surface area contributed by atoms with Gasteiger partial charge in [-0.1, -0.05) is 19.4 Å². The van der Waals surface area contributed by atoms with E-state index < -0.39 is 0 Å². The minimum atomic E-state index is 0. The molecule has 0 N–H and O–H groups in total. The third kappa shape index (κ3) is 15.2. The Morgan fingerprint density at radius 2 is 1.92 bits per heavy atom. The van der Waals surface area contributed by atoms with Gasteiger partial charge in [-0.3, -0.25) is 4.79 Å². The molecule has 1 aliphatic rings. The van der Waals surface area contributed by atoms with Crippen molar-refractivity contribution >= 4 is 35.8 Å². The van der Waals surface area contributed by atoms with E-state index in [1.54, 1.807) is 0 Å². The van der Waals surface area contributed by atoms with Crippen molar-refractivity contribution in [1.29, 1.82) is 0 Å². The number of aldehydes is 1. The topological polar surface area (TPSA) is 26.3 Å². The van der Waals surface area contributed by atoms with Gasteiger partial charge in [-0.15, -0.1) is 0 Å². The molecule has 1 aliphatic heterocycles. The second-order valence-corrected chi connectivity index (χ2v) is 2.67. The molecule has 3 heteroatoms. The Morgan fingerprint density at radius 3 is 2.23 bits per heavy atom. The van der Waals surface area contributed by atoms with E-state index in [4.69, 9.17) is 4.74 Å². The van der Waals surface area contributed by atoms with Crippen LogP contribution in [0.3, 0.4) is 0 Å². The summed E-state index contributed by atoms with van der Waals surface area (Å²) in [5.74, 6) is 0. The van der Waals surface area contributed by atoms with E-state index in [1.165, 1.54) is 18.9 Å². The molecule has 0 atom stereocenters. The van der Waals surface area contributed by atoms with Crippen molar-refractivity contribution < 1.29 is 9.53 Å². The zero-order valence-corrected chi connectivity index (χ0v) is 7.79. The first-order chi connectivity index (χ1) is 5.91. The molecular formula is C10H19NaO2. The van der Waals surface area contributed by atoms with Gasteiger partial charge in [-0.2, -0.15) is 0 Å². The first-order valence-electron chi connectivity index (χ1n) is 4.60. The zero-order chi connectivity index (χ0) is 9.07. The number of ether oxygens (including phenoxy) is 1. The van der Waals surface area contributed by atoms with Crippen LogP contribution in [0.25, 0.3) is 0 Å². The van der Waals surface area contributed by atoms with Crippen LogP contribution in [0.15, 0.2) is 12.2 Å². The Bertz CT molecular complexity index is 112. The van der Waals surface area contributed by atoms with Gasteiger partial charge in [0, 0.05) is 13.2 Å². The Balaban J connectivity index is 0. The molecule has 1 fully saturated rings. The number of unbranched alkanes of at least 4 members (excludes halogenated alkanes) is 1. The van der Waals surface area contributed by atoms with Gasteiger partial charge in [-0.05, 0) is 25.3 Å². The molecule has 0 aromatic heterocycles. The standard InChI is InChI=1S/C6H10O.C4H8O.Na.H/c1-2-3-4-5-6-7;1-2-4-5-3-1;;/h4-6H,2-3H2,1H3;1-4H2;;. The molecule has 72 valence electrons. The summed E-state index contributed by atoms with van der Waals surface area (Å²) in [6.07, 6.45) is 8.88. The van der Waals surface area contributed by atoms with Crippen LogP contribution in [-0.4, -0.2) is 49.1 Å². The first-order valence-corrected chi connectivity index (χ1v) is 4.60. The summed E-state index contributed by atoms with van der Waals surface area (Å²) in [5, 5.41) is 0. The van der Waals surface area contributed by atoms with Crippen LogP contribution < -0.4 is 0 Å². The number of allylic oxidation sites excluding steroid dienone is 2. The number of carbonyl (C=O) groups is 1. The fourth-order valence-electron chi connectivity index (χ4n) is 0.829. The average molecular weight is 194 g/mol. The van der Waals surface area contributed by atoms with Gasteiger partial charge in [-0.25, -0.2) is 0 Å². The molecule has 0 aliphatic carbocycles. The molecule has 0 amide bonds. The molecular weight excluding hydrogens is 175 g/mol. The Morgan fingerprint density at radius 1 is 1.31 bits per heavy atom. The quantitative estimate of drug-likeness (QED) is 0.388. The molecule has 0 spiro atoms. The second kappa shape index (κ2) is 14.9. The van der Waals surface area contributed by atoms with Crippen LogP contribution in [0.4, 0.5) is 0 Å². The summed E-state index contributed by atoms with van der Waals surface area (Å²) in [6.45, 7) is 4.08. The summed E-state index contributed by atoms with van der Waals surface area (Å²) in [7, 11) is 0. The van der Waals surface area contributed by atoms with E-state index in [1.807, 2.05) is 6.08 Å². The molecule has 0 aromatic carbocycles. The molecule has 2 nitrogen and oxygen atoms in total. The Kier molecular flexibility index (Phi) is 18.1.